The number of rotatable bonds is 8. The van der Waals surface area contributed by atoms with Gasteiger partial charge in [-0.05, 0) is 37.0 Å². The molecule has 0 spiro atoms. The van der Waals surface area contributed by atoms with E-state index in [-0.39, 0.29) is 24.2 Å². The Bertz CT molecular complexity index is 508. The maximum atomic E-state index is 12.3. The molecule has 23 heavy (non-hydrogen) atoms. The minimum atomic E-state index is -0.468. The van der Waals surface area contributed by atoms with Gasteiger partial charge < -0.3 is 16.4 Å². The van der Waals surface area contributed by atoms with Gasteiger partial charge in [0.2, 0.25) is 5.91 Å². The number of carbonyl (C=O) groups excluding carboxylic acids is 2. The Hall–Kier alpha value is -1.59. The fourth-order valence-electron chi connectivity index (χ4n) is 2.47. The molecule has 1 aromatic rings. The highest BCUT2D eigenvalue weighted by Crippen LogP contribution is 2.24. The van der Waals surface area contributed by atoms with Crippen LogP contribution >= 0.6 is 12.4 Å². The van der Waals surface area contributed by atoms with Crippen LogP contribution in [0.5, 0.6) is 0 Å². The molecule has 6 heteroatoms. The van der Waals surface area contributed by atoms with Gasteiger partial charge in [-0.2, -0.15) is 0 Å². The SMILES string of the molecule is CCC(CC)(CN)C(=O)NCCc1cccc(C(=O)NC)c1.Cl. The van der Waals surface area contributed by atoms with Crippen LogP contribution < -0.4 is 16.4 Å². The van der Waals surface area contributed by atoms with Crippen molar-refractivity contribution >= 4 is 24.2 Å². The Morgan fingerprint density at radius 2 is 1.87 bits per heavy atom. The highest BCUT2D eigenvalue weighted by atomic mass is 35.5. The van der Waals surface area contributed by atoms with Crippen molar-refractivity contribution in [3.63, 3.8) is 0 Å². The molecule has 0 aliphatic carbocycles. The molecule has 0 atom stereocenters. The van der Waals surface area contributed by atoms with Crippen LogP contribution in [0.15, 0.2) is 24.3 Å². The van der Waals surface area contributed by atoms with E-state index < -0.39 is 5.41 Å². The van der Waals surface area contributed by atoms with Crippen molar-refractivity contribution < 1.29 is 9.59 Å². The lowest BCUT2D eigenvalue weighted by Gasteiger charge is -2.28. The van der Waals surface area contributed by atoms with E-state index in [9.17, 15) is 9.59 Å². The first kappa shape index (κ1) is 21.4. The number of halogens is 1. The van der Waals surface area contributed by atoms with Gasteiger partial charge in [0.25, 0.3) is 5.91 Å². The van der Waals surface area contributed by atoms with Crippen molar-refractivity contribution in [1.82, 2.24) is 10.6 Å². The molecular formula is C17H28ClN3O2. The summed E-state index contributed by atoms with van der Waals surface area (Å²) in [6.07, 6.45) is 2.15. The molecule has 0 aromatic heterocycles. The summed E-state index contributed by atoms with van der Waals surface area (Å²) in [6.45, 7) is 4.88. The molecule has 0 fully saturated rings. The molecule has 4 N–H and O–H groups in total. The lowest BCUT2D eigenvalue weighted by molar-refractivity contribution is -0.131. The topological polar surface area (TPSA) is 84.2 Å². The Morgan fingerprint density at radius 1 is 1.22 bits per heavy atom. The largest absolute Gasteiger partial charge is 0.355 e. The van der Waals surface area contributed by atoms with Crippen LogP contribution in [-0.2, 0) is 11.2 Å². The van der Waals surface area contributed by atoms with Crippen molar-refractivity contribution in [2.45, 2.75) is 33.1 Å². The summed E-state index contributed by atoms with van der Waals surface area (Å²) in [5.41, 5.74) is 6.96. The number of nitrogens with two attached hydrogens (primary N) is 1. The molecule has 0 unspecified atom stereocenters. The van der Waals surface area contributed by atoms with E-state index in [4.69, 9.17) is 5.73 Å². The number of nitrogens with one attached hydrogen (secondary N) is 2. The minimum absolute atomic E-state index is 0. The van der Waals surface area contributed by atoms with E-state index in [1.807, 2.05) is 32.0 Å². The molecule has 130 valence electrons. The van der Waals surface area contributed by atoms with Crippen molar-refractivity contribution in [3.05, 3.63) is 35.4 Å². The Morgan fingerprint density at radius 3 is 2.39 bits per heavy atom. The molecule has 0 aliphatic heterocycles. The lowest BCUT2D eigenvalue weighted by Crippen LogP contribution is -2.45. The quantitative estimate of drug-likeness (QED) is 0.675. The first-order valence-corrected chi connectivity index (χ1v) is 7.82. The zero-order valence-electron chi connectivity index (χ0n) is 14.1. The number of carbonyl (C=O) groups is 2. The molecule has 0 radical (unpaired) electrons. The second-order valence-corrected chi connectivity index (χ2v) is 5.48. The highest BCUT2D eigenvalue weighted by Gasteiger charge is 2.32. The van der Waals surface area contributed by atoms with Gasteiger partial charge in [-0.25, -0.2) is 0 Å². The summed E-state index contributed by atoms with van der Waals surface area (Å²) in [4.78, 5) is 23.9. The average Bonchev–Trinajstić information content (AvgIpc) is 2.56. The first-order chi connectivity index (χ1) is 10.5. The molecule has 1 aromatic carbocycles. The van der Waals surface area contributed by atoms with Crippen molar-refractivity contribution in [2.75, 3.05) is 20.1 Å². The third-order valence-corrected chi connectivity index (χ3v) is 4.34. The van der Waals surface area contributed by atoms with Gasteiger partial charge in [-0.3, -0.25) is 9.59 Å². The van der Waals surface area contributed by atoms with Gasteiger partial charge in [0.05, 0.1) is 5.41 Å². The van der Waals surface area contributed by atoms with Gasteiger partial charge in [0.1, 0.15) is 0 Å². The summed E-state index contributed by atoms with van der Waals surface area (Å²) in [7, 11) is 1.61. The van der Waals surface area contributed by atoms with Gasteiger partial charge in [-0.15, -0.1) is 12.4 Å². The van der Waals surface area contributed by atoms with E-state index in [1.165, 1.54) is 0 Å². The Balaban J connectivity index is 0.00000484. The van der Waals surface area contributed by atoms with Crippen LogP contribution in [0.4, 0.5) is 0 Å². The van der Waals surface area contributed by atoms with Crippen LogP contribution in [0, 0.1) is 5.41 Å². The fraction of sp³-hybridized carbons (Fsp3) is 0.529. The highest BCUT2D eigenvalue weighted by molar-refractivity contribution is 5.94. The molecule has 1 rings (SSSR count). The summed E-state index contributed by atoms with van der Waals surface area (Å²) in [5, 5.41) is 5.57. The zero-order chi connectivity index (χ0) is 16.6. The Kier molecular flexibility index (Phi) is 9.53. The van der Waals surface area contributed by atoms with Gasteiger partial charge in [-0.1, -0.05) is 26.0 Å². The maximum Gasteiger partial charge on any atom is 0.251 e. The minimum Gasteiger partial charge on any atom is -0.355 e. The van der Waals surface area contributed by atoms with Crippen LogP contribution in [0.1, 0.15) is 42.6 Å². The van der Waals surface area contributed by atoms with Gasteiger partial charge in [0.15, 0.2) is 0 Å². The monoisotopic (exact) mass is 341 g/mol. The summed E-state index contributed by atoms with van der Waals surface area (Å²) < 4.78 is 0. The predicted molar refractivity (Wildman–Crippen MR) is 95.9 cm³/mol. The van der Waals surface area contributed by atoms with Crippen molar-refractivity contribution in [3.8, 4) is 0 Å². The van der Waals surface area contributed by atoms with Crippen LogP contribution in [0.3, 0.4) is 0 Å². The maximum absolute atomic E-state index is 12.3. The summed E-state index contributed by atoms with van der Waals surface area (Å²) in [5.74, 6) is -0.0903. The third kappa shape index (κ3) is 5.52. The first-order valence-electron chi connectivity index (χ1n) is 7.82. The average molecular weight is 342 g/mol. The second-order valence-electron chi connectivity index (χ2n) is 5.48. The molecule has 0 aliphatic rings. The number of hydrogen-bond acceptors (Lipinski definition) is 3. The molecule has 0 bridgehead atoms. The normalized spacial score (nSPS) is 10.6. The molecule has 0 saturated carbocycles. The van der Waals surface area contributed by atoms with Gasteiger partial charge >= 0.3 is 0 Å². The van der Waals surface area contributed by atoms with Crippen LogP contribution in [-0.4, -0.2) is 32.0 Å². The number of amides is 2. The Labute approximate surface area is 144 Å². The van der Waals surface area contributed by atoms with Crippen LogP contribution in [0.25, 0.3) is 0 Å². The van der Waals surface area contributed by atoms with E-state index >= 15 is 0 Å². The summed E-state index contributed by atoms with van der Waals surface area (Å²) >= 11 is 0. The smallest absolute Gasteiger partial charge is 0.251 e. The molecular weight excluding hydrogens is 314 g/mol. The van der Waals surface area contributed by atoms with Crippen molar-refractivity contribution in [1.29, 1.82) is 0 Å². The predicted octanol–water partition coefficient (Wildman–Crippen LogP) is 1.89. The van der Waals surface area contributed by atoms with E-state index in [0.29, 0.717) is 25.1 Å². The van der Waals surface area contributed by atoms with E-state index in [0.717, 1.165) is 18.4 Å². The summed E-state index contributed by atoms with van der Waals surface area (Å²) in [6, 6.07) is 7.42. The lowest BCUT2D eigenvalue weighted by atomic mass is 9.81. The molecule has 5 nitrogen and oxygen atoms in total. The fourth-order valence-corrected chi connectivity index (χ4v) is 2.47. The molecule has 2 amide bonds. The molecule has 0 saturated heterocycles. The molecule has 0 heterocycles. The van der Waals surface area contributed by atoms with Gasteiger partial charge in [0, 0.05) is 25.7 Å². The third-order valence-electron chi connectivity index (χ3n) is 4.34. The number of benzene rings is 1. The second kappa shape index (κ2) is 10.2. The standard InChI is InChI=1S/C17H27N3O2.ClH/c1-4-17(5-2,12-18)16(22)20-10-9-13-7-6-8-14(11-13)15(21)19-3;/h6-8,11H,4-5,9-10,12,18H2,1-3H3,(H,19,21)(H,20,22);1H. The van der Waals surface area contributed by atoms with E-state index in [2.05, 4.69) is 10.6 Å². The zero-order valence-corrected chi connectivity index (χ0v) is 15.0. The van der Waals surface area contributed by atoms with Crippen molar-refractivity contribution in [2.24, 2.45) is 11.1 Å². The van der Waals surface area contributed by atoms with Crippen LogP contribution in [0.2, 0.25) is 0 Å². The van der Waals surface area contributed by atoms with E-state index in [1.54, 1.807) is 13.1 Å². The number of hydrogen-bond donors (Lipinski definition) is 3.